The first-order valence-electron chi connectivity index (χ1n) is 7.69. The maximum absolute atomic E-state index is 12.8. The quantitative estimate of drug-likeness (QED) is 0.710. The summed E-state index contributed by atoms with van der Waals surface area (Å²) >= 11 is 0. The highest BCUT2D eigenvalue weighted by Gasteiger charge is 2.20. The van der Waals surface area contributed by atoms with Crippen LogP contribution in [0.4, 0.5) is 5.69 Å². The summed E-state index contributed by atoms with van der Waals surface area (Å²) in [5.74, 6) is 1.43. The van der Waals surface area contributed by atoms with Gasteiger partial charge in [-0.25, -0.2) is 13.4 Å². The first-order valence-corrected chi connectivity index (χ1v) is 9.17. The molecule has 0 radical (unpaired) electrons. The Morgan fingerprint density at radius 3 is 2.27 bits per heavy atom. The van der Waals surface area contributed by atoms with Gasteiger partial charge in [-0.05, 0) is 42.8 Å². The number of sulfonamides is 1. The number of ether oxygens (including phenoxy) is 2. The summed E-state index contributed by atoms with van der Waals surface area (Å²) in [5.41, 5.74) is 1.78. The average Bonchev–Trinajstić information content (AvgIpc) is 3.16. The van der Waals surface area contributed by atoms with Gasteiger partial charge in [-0.15, -0.1) is 0 Å². The van der Waals surface area contributed by atoms with Crippen molar-refractivity contribution in [2.45, 2.75) is 11.8 Å². The van der Waals surface area contributed by atoms with Crippen molar-refractivity contribution in [3.05, 3.63) is 54.6 Å². The van der Waals surface area contributed by atoms with E-state index < -0.39 is 10.0 Å². The highest BCUT2D eigenvalue weighted by atomic mass is 32.2. The lowest BCUT2D eigenvalue weighted by atomic mass is 10.2. The van der Waals surface area contributed by atoms with Crippen LogP contribution in [0.1, 0.15) is 5.56 Å². The fourth-order valence-electron chi connectivity index (χ4n) is 2.52. The smallest absolute Gasteiger partial charge is 0.262 e. The highest BCUT2D eigenvalue weighted by Crippen LogP contribution is 2.33. The van der Waals surface area contributed by atoms with Crippen molar-refractivity contribution in [3.8, 4) is 22.8 Å². The van der Waals surface area contributed by atoms with Crippen LogP contribution in [0.15, 0.2) is 58.3 Å². The summed E-state index contributed by atoms with van der Waals surface area (Å²) in [4.78, 5) is 3.98. The molecule has 0 bridgehead atoms. The molecule has 7 nitrogen and oxygen atoms in total. The number of benzene rings is 2. The fraction of sp³-hybridized carbons (Fsp3) is 0.167. The van der Waals surface area contributed by atoms with Crippen LogP contribution in [0.25, 0.3) is 11.3 Å². The van der Waals surface area contributed by atoms with Crippen molar-refractivity contribution in [1.29, 1.82) is 0 Å². The van der Waals surface area contributed by atoms with Crippen molar-refractivity contribution < 1.29 is 22.3 Å². The van der Waals surface area contributed by atoms with Crippen molar-refractivity contribution in [2.24, 2.45) is 0 Å². The Kier molecular flexibility index (Phi) is 4.85. The number of rotatable bonds is 6. The number of hydrogen-bond acceptors (Lipinski definition) is 6. The van der Waals surface area contributed by atoms with Gasteiger partial charge in [0, 0.05) is 17.3 Å². The van der Waals surface area contributed by atoms with Gasteiger partial charge in [0.25, 0.3) is 10.0 Å². The molecule has 0 amide bonds. The average molecular weight is 374 g/mol. The van der Waals surface area contributed by atoms with E-state index in [2.05, 4.69) is 9.71 Å². The second-order valence-corrected chi connectivity index (χ2v) is 7.17. The largest absolute Gasteiger partial charge is 0.493 e. The summed E-state index contributed by atoms with van der Waals surface area (Å²) in [6.07, 6.45) is 2.93. The molecule has 136 valence electrons. The molecule has 0 unspecified atom stereocenters. The zero-order valence-corrected chi connectivity index (χ0v) is 15.3. The van der Waals surface area contributed by atoms with Crippen molar-refractivity contribution >= 4 is 15.7 Å². The van der Waals surface area contributed by atoms with Crippen LogP contribution in [0.2, 0.25) is 0 Å². The SMILES string of the molecule is COc1cc(C)c(S(=O)(=O)Nc2ccc(-c3cnco3)cc2)cc1OC. The summed E-state index contributed by atoms with van der Waals surface area (Å²) in [7, 11) is -0.832. The molecule has 3 aromatic rings. The Hall–Kier alpha value is -3.00. The maximum Gasteiger partial charge on any atom is 0.262 e. The second-order valence-electron chi connectivity index (χ2n) is 5.52. The van der Waals surface area contributed by atoms with Crippen molar-refractivity contribution in [2.75, 3.05) is 18.9 Å². The van der Waals surface area contributed by atoms with Gasteiger partial charge in [-0.2, -0.15) is 0 Å². The zero-order valence-electron chi connectivity index (χ0n) is 14.5. The Balaban J connectivity index is 1.89. The zero-order chi connectivity index (χ0) is 18.7. The van der Waals surface area contributed by atoms with Crippen LogP contribution < -0.4 is 14.2 Å². The molecule has 0 atom stereocenters. The fourth-order valence-corrected chi connectivity index (χ4v) is 3.82. The van der Waals surface area contributed by atoms with Gasteiger partial charge >= 0.3 is 0 Å². The number of oxazole rings is 1. The van der Waals surface area contributed by atoms with E-state index >= 15 is 0 Å². The Morgan fingerprint density at radius 2 is 1.69 bits per heavy atom. The molecule has 1 aromatic heterocycles. The minimum atomic E-state index is -3.79. The summed E-state index contributed by atoms with van der Waals surface area (Å²) in [6, 6.07) is 9.89. The standard InChI is InChI=1S/C18H18N2O5S/c1-12-8-15(23-2)16(24-3)9-18(12)26(21,22)20-14-6-4-13(5-7-14)17-10-19-11-25-17/h4-11,20H,1-3H3. The minimum absolute atomic E-state index is 0.120. The monoisotopic (exact) mass is 374 g/mol. The van der Waals surface area contributed by atoms with E-state index in [1.54, 1.807) is 43.5 Å². The molecule has 26 heavy (non-hydrogen) atoms. The van der Waals surface area contributed by atoms with Crippen LogP contribution in [0, 0.1) is 6.92 Å². The van der Waals surface area contributed by atoms with Crippen LogP contribution in [-0.4, -0.2) is 27.6 Å². The number of methoxy groups -OCH3 is 2. The maximum atomic E-state index is 12.8. The second kappa shape index (κ2) is 7.09. The molecule has 0 aliphatic carbocycles. The third-order valence-corrected chi connectivity index (χ3v) is 5.35. The third kappa shape index (κ3) is 3.50. The van der Waals surface area contributed by atoms with E-state index in [4.69, 9.17) is 13.9 Å². The number of hydrogen-bond donors (Lipinski definition) is 1. The molecule has 0 saturated carbocycles. The molecule has 8 heteroatoms. The van der Waals surface area contributed by atoms with Crippen LogP contribution in [-0.2, 0) is 10.0 Å². The summed E-state index contributed by atoms with van der Waals surface area (Å²) in [6.45, 7) is 1.70. The third-order valence-electron chi connectivity index (χ3n) is 3.82. The van der Waals surface area contributed by atoms with E-state index in [1.165, 1.54) is 26.7 Å². The Morgan fingerprint density at radius 1 is 1.04 bits per heavy atom. The first kappa shape index (κ1) is 17.8. The van der Waals surface area contributed by atoms with E-state index in [0.29, 0.717) is 28.5 Å². The van der Waals surface area contributed by atoms with Gasteiger partial charge in [-0.3, -0.25) is 4.72 Å². The van der Waals surface area contributed by atoms with Gasteiger partial charge in [-0.1, -0.05) is 0 Å². The lowest BCUT2D eigenvalue weighted by Gasteiger charge is -2.14. The number of nitrogens with one attached hydrogen (secondary N) is 1. The summed E-state index contributed by atoms with van der Waals surface area (Å²) in [5, 5.41) is 0. The Labute approximate surface area is 151 Å². The van der Waals surface area contributed by atoms with Crippen LogP contribution >= 0.6 is 0 Å². The van der Waals surface area contributed by atoms with E-state index in [-0.39, 0.29) is 4.90 Å². The molecule has 0 aliphatic heterocycles. The molecular weight excluding hydrogens is 356 g/mol. The normalized spacial score (nSPS) is 11.2. The summed E-state index contributed by atoms with van der Waals surface area (Å²) < 4.78 is 43.7. The van der Waals surface area contributed by atoms with Crippen LogP contribution in [0.3, 0.4) is 0 Å². The topological polar surface area (TPSA) is 90.7 Å². The molecule has 2 aromatic carbocycles. The number of nitrogens with zero attached hydrogens (tertiary/aromatic N) is 1. The van der Waals surface area contributed by atoms with Crippen molar-refractivity contribution in [1.82, 2.24) is 4.98 Å². The van der Waals surface area contributed by atoms with Gasteiger partial charge in [0.15, 0.2) is 23.7 Å². The molecule has 3 rings (SSSR count). The molecule has 1 N–H and O–H groups in total. The molecular formula is C18H18N2O5S. The molecule has 0 fully saturated rings. The van der Waals surface area contributed by atoms with E-state index in [9.17, 15) is 8.42 Å². The van der Waals surface area contributed by atoms with E-state index in [0.717, 1.165) is 5.56 Å². The van der Waals surface area contributed by atoms with Gasteiger partial charge < -0.3 is 13.9 Å². The van der Waals surface area contributed by atoms with Gasteiger partial charge in [0.1, 0.15) is 0 Å². The lowest BCUT2D eigenvalue weighted by molar-refractivity contribution is 0.353. The highest BCUT2D eigenvalue weighted by molar-refractivity contribution is 7.92. The predicted octanol–water partition coefficient (Wildman–Crippen LogP) is 3.47. The molecule has 0 spiro atoms. The van der Waals surface area contributed by atoms with Gasteiger partial charge in [0.05, 0.1) is 25.3 Å². The van der Waals surface area contributed by atoms with Crippen LogP contribution in [0.5, 0.6) is 11.5 Å². The minimum Gasteiger partial charge on any atom is -0.493 e. The first-order chi connectivity index (χ1) is 12.4. The number of anilines is 1. The molecule has 0 saturated heterocycles. The molecule has 1 heterocycles. The van der Waals surface area contributed by atoms with Crippen molar-refractivity contribution in [3.63, 3.8) is 0 Å². The number of aryl methyl sites for hydroxylation is 1. The van der Waals surface area contributed by atoms with Gasteiger partial charge in [0.2, 0.25) is 0 Å². The number of aromatic nitrogens is 1. The predicted molar refractivity (Wildman–Crippen MR) is 97.0 cm³/mol. The van der Waals surface area contributed by atoms with E-state index in [1.807, 2.05) is 0 Å². The molecule has 0 aliphatic rings. The lowest BCUT2D eigenvalue weighted by Crippen LogP contribution is -2.14. The Bertz CT molecular complexity index is 997.